The molecule has 1 aliphatic heterocycles. The average molecular weight is 679 g/mol. The maximum absolute atomic E-state index is 15.1. The van der Waals surface area contributed by atoms with Crippen LogP contribution in [-0.4, -0.2) is 33.7 Å². The number of hydrogen-bond acceptors (Lipinski definition) is 7. The van der Waals surface area contributed by atoms with Crippen LogP contribution in [0.25, 0.3) is 11.6 Å². The normalized spacial score (nSPS) is 17.4. The van der Waals surface area contributed by atoms with Crippen molar-refractivity contribution in [2.24, 2.45) is 4.99 Å². The quantitative estimate of drug-likeness (QED) is 0.101. The monoisotopic (exact) mass is 678 g/mol. The third kappa shape index (κ3) is 7.41. The smallest absolute Gasteiger partial charge is 0.426 e. The van der Waals surface area contributed by atoms with Crippen molar-refractivity contribution >= 4 is 11.4 Å². The molecule has 1 unspecified atom stereocenters. The first-order valence-electron chi connectivity index (χ1n) is 15.2. The molecule has 0 amide bonds. The molecule has 3 heterocycles. The molecule has 3 aromatic carbocycles. The fourth-order valence-corrected chi connectivity index (χ4v) is 5.18. The van der Waals surface area contributed by atoms with Gasteiger partial charge in [0.05, 0.1) is 24.6 Å². The maximum Gasteiger partial charge on any atom is 0.426 e. The Labute approximate surface area is 277 Å². The SMILES string of the molecule is FC(F)(F)c1cc(N=C(c2ccccc2)c2ccccc2)c2nc1OCCC/C=C\CC(OCc1ccccc1)(C(F)(F)F)c1nnc-2o1. The van der Waals surface area contributed by atoms with Gasteiger partial charge in [0, 0.05) is 17.5 Å². The van der Waals surface area contributed by atoms with E-state index >= 15 is 13.2 Å². The second kappa shape index (κ2) is 14.0. The van der Waals surface area contributed by atoms with Crippen molar-refractivity contribution in [2.45, 2.75) is 43.8 Å². The van der Waals surface area contributed by atoms with E-state index < -0.39 is 59.9 Å². The minimum Gasteiger partial charge on any atom is -0.477 e. The predicted molar refractivity (Wildman–Crippen MR) is 168 cm³/mol. The highest BCUT2D eigenvalue weighted by molar-refractivity contribution is 6.14. The van der Waals surface area contributed by atoms with E-state index in [1.165, 1.54) is 12.2 Å². The maximum atomic E-state index is 15.1. The summed E-state index contributed by atoms with van der Waals surface area (Å²) in [5.74, 6) is -2.35. The van der Waals surface area contributed by atoms with Gasteiger partial charge in [-0.2, -0.15) is 26.3 Å². The van der Waals surface area contributed by atoms with Crippen LogP contribution in [0, 0.1) is 0 Å². The number of aliphatic imine (C=N–C) groups is 1. The van der Waals surface area contributed by atoms with Gasteiger partial charge in [-0.25, -0.2) is 9.98 Å². The zero-order valence-corrected chi connectivity index (χ0v) is 25.7. The van der Waals surface area contributed by atoms with Crippen molar-refractivity contribution in [1.29, 1.82) is 0 Å². The Hall–Kier alpha value is -5.30. The lowest BCUT2D eigenvalue weighted by molar-refractivity contribution is -0.295. The lowest BCUT2D eigenvalue weighted by Gasteiger charge is -2.31. The van der Waals surface area contributed by atoms with Crippen LogP contribution in [0.15, 0.2) is 119 Å². The lowest BCUT2D eigenvalue weighted by atomic mass is 9.97. The molecular weight excluding hydrogens is 650 g/mol. The van der Waals surface area contributed by atoms with Gasteiger partial charge in [-0.3, -0.25) is 0 Å². The van der Waals surface area contributed by atoms with Gasteiger partial charge in [0.1, 0.15) is 5.56 Å². The van der Waals surface area contributed by atoms with Crippen LogP contribution in [0.2, 0.25) is 0 Å². The molecule has 4 bridgehead atoms. The average Bonchev–Trinajstić information content (AvgIpc) is 3.58. The Bertz CT molecular complexity index is 1890. The van der Waals surface area contributed by atoms with Gasteiger partial charge in [-0.1, -0.05) is 103 Å². The Morgan fingerprint density at radius 1 is 0.816 bits per heavy atom. The van der Waals surface area contributed by atoms with Crippen molar-refractivity contribution in [3.63, 3.8) is 0 Å². The highest BCUT2D eigenvalue weighted by atomic mass is 19.4. The second-order valence-corrected chi connectivity index (χ2v) is 11.1. The standard InChI is InChI=1S/C36H28F6N4O3/c37-35(38,39)27-22-28(43-29(25-16-8-4-9-17-25)26-18-10-5-11-19-26)30-32-45-46-33(49-32)34(36(40,41)42,48-23-24-14-6-3-7-15-24)20-12-1-2-13-21-47-31(27)44-30/h1,3-12,14-19,22H,2,13,20-21,23H2/b12-1-. The summed E-state index contributed by atoms with van der Waals surface area (Å²) >= 11 is 0. The van der Waals surface area contributed by atoms with Crippen molar-refractivity contribution in [3.05, 3.63) is 137 Å². The number of pyridine rings is 1. The van der Waals surface area contributed by atoms with E-state index in [1.54, 1.807) is 91.0 Å². The molecule has 0 fully saturated rings. The molecule has 1 aliphatic rings. The number of ether oxygens (including phenoxy) is 2. The third-order valence-electron chi connectivity index (χ3n) is 7.68. The number of benzene rings is 3. The number of nitrogens with zero attached hydrogens (tertiary/aromatic N) is 4. The van der Waals surface area contributed by atoms with E-state index in [2.05, 4.69) is 20.2 Å². The van der Waals surface area contributed by atoms with Crippen LogP contribution in [0.5, 0.6) is 5.88 Å². The first-order chi connectivity index (χ1) is 23.5. The van der Waals surface area contributed by atoms with Crippen molar-refractivity contribution in [3.8, 4) is 17.5 Å². The molecule has 0 aliphatic carbocycles. The summed E-state index contributed by atoms with van der Waals surface area (Å²) in [6.07, 6.45) is -7.55. The number of allylic oxidation sites excluding steroid dienone is 1. The predicted octanol–water partition coefficient (Wildman–Crippen LogP) is 9.41. The van der Waals surface area contributed by atoms with Gasteiger partial charge in [-0.15, -0.1) is 10.2 Å². The van der Waals surface area contributed by atoms with Crippen LogP contribution < -0.4 is 4.74 Å². The number of aromatic nitrogens is 3. The van der Waals surface area contributed by atoms with Crippen LogP contribution >= 0.6 is 0 Å². The molecule has 0 N–H and O–H groups in total. The largest absolute Gasteiger partial charge is 0.477 e. The molecule has 7 nitrogen and oxygen atoms in total. The van der Waals surface area contributed by atoms with E-state index in [0.29, 0.717) is 16.7 Å². The zero-order valence-electron chi connectivity index (χ0n) is 25.7. The van der Waals surface area contributed by atoms with Gasteiger partial charge < -0.3 is 13.9 Å². The highest BCUT2D eigenvalue weighted by Gasteiger charge is 2.61. The molecule has 13 heteroatoms. The van der Waals surface area contributed by atoms with Crippen LogP contribution in [-0.2, 0) is 23.1 Å². The molecular formula is C36H28F6N4O3. The Balaban J connectivity index is 1.57. The molecule has 252 valence electrons. The topological polar surface area (TPSA) is 82.6 Å². The van der Waals surface area contributed by atoms with Gasteiger partial charge in [0.25, 0.3) is 11.8 Å². The number of fused-ring (bicyclic) bond motifs is 5. The summed E-state index contributed by atoms with van der Waals surface area (Å²) in [6.45, 7) is -0.652. The van der Waals surface area contributed by atoms with Crippen LogP contribution in [0.4, 0.5) is 32.0 Å². The number of alkyl halides is 6. The van der Waals surface area contributed by atoms with Gasteiger partial charge in [-0.05, 0) is 24.5 Å². The Morgan fingerprint density at radius 3 is 2.06 bits per heavy atom. The number of rotatable bonds is 6. The van der Waals surface area contributed by atoms with Gasteiger partial charge >= 0.3 is 12.4 Å². The molecule has 1 atom stereocenters. The number of hydrogen-bond donors (Lipinski definition) is 0. The fourth-order valence-electron chi connectivity index (χ4n) is 5.18. The molecule has 49 heavy (non-hydrogen) atoms. The Kier molecular flexibility index (Phi) is 9.63. The highest BCUT2D eigenvalue weighted by Crippen LogP contribution is 2.47. The lowest BCUT2D eigenvalue weighted by Crippen LogP contribution is -2.45. The van der Waals surface area contributed by atoms with E-state index in [-0.39, 0.29) is 30.8 Å². The van der Waals surface area contributed by atoms with Crippen molar-refractivity contribution in [1.82, 2.24) is 15.2 Å². The first kappa shape index (κ1) is 33.6. The van der Waals surface area contributed by atoms with E-state index in [4.69, 9.17) is 13.9 Å². The molecule has 2 aromatic heterocycles. The Morgan fingerprint density at radius 2 is 1.45 bits per heavy atom. The van der Waals surface area contributed by atoms with Crippen LogP contribution in [0.1, 0.15) is 47.4 Å². The van der Waals surface area contributed by atoms with Crippen molar-refractivity contribution < 1.29 is 40.2 Å². The fraction of sp³-hybridized carbons (Fsp3) is 0.222. The molecule has 6 rings (SSSR count). The molecule has 0 radical (unpaired) electrons. The second-order valence-electron chi connectivity index (χ2n) is 11.1. The van der Waals surface area contributed by atoms with E-state index in [0.717, 1.165) is 6.07 Å². The third-order valence-corrected chi connectivity index (χ3v) is 7.68. The van der Waals surface area contributed by atoms with Crippen molar-refractivity contribution in [2.75, 3.05) is 6.61 Å². The van der Waals surface area contributed by atoms with Gasteiger partial charge in [0.2, 0.25) is 11.5 Å². The number of halogens is 6. The summed E-state index contributed by atoms with van der Waals surface area (Å²) in [7, 11) is 0. The summed E-state index contributed by atoms with van der Waals surface area (Å²) in [4.78, 5) is 8.75. The molecule has 0 spiro atoms. The minimum atomic E-state index is -5.05. The minimum absolute atomic E-state index is 0.194. The first-order valence-corrected chi connectivity index (χ1v) is 15.2. The molecule has 5 aromatic rings. The van der Waals surface area contributed by atoms with E-state index in [9.17, 15) is 13.2 Å². The summed E-state index contributed by atoms with van der Waals surface area (Å²) in [5.41, 5.74) is -3.27. The molecule has 0 saturated heterocycles. The summed E-state index contributed by atoms with van der Waals surface area (Å²) < 4.78 is 106. The zero-order chi connectivity index (χ0) is 34.5. The van der Waals surface area contributed by atoms with Crippen LogP contribution in [0.3, 0.4) is 0 Å². The molecule has 0 saturated carbocycles. The van der Waals surface area contributed by atoms with Gasteiger partial charge in [0.15, 0.2) is 5.69 Å². The summed E-state index contributed by atoms with van der Waals surface area (Å²) in [5, 5.41) is 7.62. The van der Waals surface area contributed by atoms with E-state index in [1.807, 2.05) is 0 Å². The summed E-state index contributed by atoms with van der Waals surface area (Å²) in [6, 6.07) is 26.3.